The molecule has 18 heavy (non-hydrogen) atoms. The first-order chi connectivity index (χ1) is 8.72. The van der Waals surface area contributed by atoms with E-state index in [0.29, 0.717) is 15.8 Å². The molecule has 1 N–H and O–H groups in total. The second-order valence-corrected chi connectivity index (χ2v) is 4.38. The van der Waals surface area contributed by atoms with E-state index in [-0.39, 0.29) is 11.1 Å². The fraction of sp³-hybridized carbons (Fsp3) is 0.0909. The van der Waals surface area contributed by atoms with Crippen molar-refractivity contribution in [2.24, 2.45) is 0 Å². The summed E-state index contributed by atoms with van der Waals surface area (Å²) in [7, 11) is 1.30. The number of carbonyl (C=O) groups is 1. The Labute approximate surface area is 104 Å². The molecule has 0 atom stereocenters. The van der Waals surface area contributed by atoms with Crippen LogP contribution in [0.3, 0.4) is 0 Å². The molecule has 0 spiro atoms. The summed E-state index contributed by atoms with van der Waals surface area (Å²) in [6.07, 6.45) is 0. The molecule has 3 aromatic rings. The average molecular weight is 261 g/mol. The van der Waals surface area contributed by atoms with Crippen molar-refractivity contribution < 1.29 is 9.53 Å². The molecule has 0 bridgehead atoms. The van der Waals surface area contributed by atoms with E-state index in [1.54, 1.807) is 18.2 Å². The van der Waals surface area contributed by atoms with Gasteiger partial charge in [0.05, 0.1) is 22.9 Å². The molecule has 0 fully saturated rings. The van der Waals surface area contributed by atoms with Crippen LogP contribution in [0.2, 0.25) is 0 Å². The number of H-pyrrole nitrogens is 1. The highest BCUT2D eigenvalue weighted by Crippen LogP contribution is 2.25. The Bertz CT molecular complexity index is 821. The van der Waals surface area contributed by atoms with Gasteiger partial charge in [0.1, 0.15) is 0 Å². The topological polar surface area (TPSA) is 84.9 Å². The number of ether oxygens (including phenoxy) is 1. The van der Waals surface area contributed by atoms with Crippen molar-refractivity contribution in [2.75, 3.05) is 7.11 Å². The van der Waals surface area contributed by atoms with Crippen LogP contribution in [0, 0.1) is 0 Å². The molecule has 7 heteroatoms. The molecular formula is C11H7N3O3S. The molecular weight excluding hydrogens is 254 g/mol. The number of carbonyl (C=O) groups excluding carboxylic acids is 1. The number of para-hydroxylation sites is 1. The standard InChI is InChI=1S/C11H7N3O3S/c1-17-11(16)6-4-2-3-5-7(6)12-10(15)8-9(5)18-14-13-8/h2-4H,1H3,(H,12,15). The van der Waals surface area contributed by atoms with E-state index in [0.717, 1.165) is 16.9 Å². The molecule has 0 radical (unpaired) electrons. The van der Waals surface area contributed by atoms with E-state index in [9.17, 15) is 9.59 Å². The molecule has 6 nitrogen and oxygen atoms in total. The van der Waals surface area contributed by atoms with Crippen LogP contribution in [0.1, 0.15) is 10.4 Å². The maximum atomic E-state index is 11.8. The number of aromatic amines is 1. The van der Waals surface area contributed by atoms with E-state index in [4.69, 9.17) is 0 Å². The zero-order valence-corrected chi connectivity index (χ0v) is 10.1. The number of fused-ring (bicyclic) bond motifs is 3. The summed E-state index contributed by atoms with van der Waals surface area (Å²) in [5.74, 6) is -0.493. The Morgan fingerprint density at radius 2 is 2.28 bits per heavy atom. The van der Waals surface area contributed by atoms with E-state index < -0.39 is 5.97 Å². The second kappa shape index (κ2) is 3.88. The normalized spacial score (nSPS) is 10.9. The smallest absolute Gasteiger partial charge is 0.339 e. The summed E-state index contributed by atoms with van der Waals surface area (Å²) in [6, 6.07) is 5.14. The van der Waals surface area contributed by atoms with Gasteiger partial charge in [0.25, 0.3) is 5.56 Å². The number of nitrogens with zero attached hydrogens (tertiary/aromatic N) is 2. The lowest BCUT2D eigenvalue weighted by Gasteiger charge is -2.04. The maximum absolute atomic E-state index is 11.8. The van der Waals surface area contributed by atoms with Crippen LogP contribution in [0.4, 0.5) is 0 Å². The van der Waals surface area contributed by atoms with Gasteiger partial charge in [0, 0.05) is 5.39 Å². The number of rotatable bonds is 1. The van der Waals surface area contributed by atoms with Gasteiger partial charge in [0.15, 0.2) is 5.52 Å². The number of esters is 1. The summed E-state index contributed by atoms with van der Waals surface area (Å²) < 4.78 is 9.12. The highest BCUT2D eigenvalue weighted by atomic mass is 32.1. The van der Waals surface area contributed by atoms with Crippen molar-refractivity contribution in [3.8, 4) is 0 Å². The lowest BCUT2D eigenvalue weighted by Crippen LogP contribution is -2.10. The molecule has 0 aliphatic rings. The zero-order valence-electron chi connectivity index (χ0n) is 9.26. The van der Waals surface area contributed by atoms with E-state index in [1.807, 2.05) is 0 Å². The number of aromatic nitrogens is 3. The van der Waals surface area contributed by atoms with Crippen LogP contribution in [0.25, 0.3) is 21.1 Å². The molecule has 0 saturated carbocycles. The molecule has 0 aliphatic heterocycles. The third-order valence-corrected chi connectivity index (χ3v) is 3.42. The van der Waals surface area contributed by atoms with Gasteiger partial charge in [-0.2, -0.15) is 0 Å². The van der Waals surface area contributed by atoms with Crippen LogP contribution in [-0.2, 0) is 4.74 Å². The van der Waals surface area contributed by atoms with Crippen molar-refractivity contribution >= 4 is 38.6 Å². The van der Waals surface area contributed by atoms with Gasteiger partial charge in [-0.05, 0) is 17.6 Å². The Hall–Kier alpha value is -2.28. The molecule has 0 saturated heterocycles. The number of hydrogen-bond donors (Lipinski definition) is 1. The maximum Gasteiger partial charge on any atom is 0.339 e. The minimum Gasteiger partial charge on any atom is -0.465 e. The Morgan fingerprint density at radius 1 is 1.44 bits per heavy atom. The summed E-state index contributed by atoms with van der Waals surface area (Å²) in [5.41, 5.74) is 0.701. The monoisotopic (exact) mass is 261 g/mol. The zero-order chi connectivity index (χ0) is 12.7. The number of pyridine rings is 1. The van der Waals surface area contributed by atoms with Crippen LogP contribution >= 0.6 is 11.5 Å². The van der Waals surface area contributed by atoms with Gasteiger partial charge < -0.3 is 9.72 Å². The first kappa shape index (κ1) is 10.8. The fourth-order valence-corrected chi connectivity index (χ4v) is 2.54. The summed E-state index contributed by atoms with van der Waals surface area (Å²) in [5, 5.41) is 4.51. The Kier molecular flexibility index (Phi) is 2.34. The van der Waals surface area contributed by atoms with Crippen molar-refractivity contribution in [3.05, 3.63) is 34.1 Å². The van der Waals surface area contributed by atoms with E-state index >= 15 is 0 Å². The minimum atomic E-state index is -0.493. The van der Waals surface area contributed by atoms with Crippen LogP contribution < -0.4 is 5.56 Å². The van der Waals surface area contributed by atoms with Gasteiger partial charge in [-0.3, -0.25) is 4.79 Å². The second-order valence-electron chi connectivity index (χ2n) is 3.62. The van der Waals surface area contributed by atoms with Crippen molar-refractivity contribution in [1.82, 2.24) is 14.6 Å². The SMILES string of the molecule is COC(=O)c1cccc2c1[nH]c(=O)c1nnsc12. The van der Waals surface area contributed by atoms with Gasteiger partial charge in [0.2, 0.25) is 0 Å². The molecule has 0 aliphatic carbocycles. The average Bonchev–Trinajstić information content (AvgIpc) is 2.87. The summed E-state index contributed by atoms with van der Waals surface area (Å²) in [4.78, 5) is 26.1. The van der Waals surface area contributed by atoms with Gasteiger partial charge >= 0.3 is 5.97 Å². The largest absolute Gasteiger partial charge is 0.465 e. The molecule has 3 rings (SSSR count). The van der Waals surface area contributed by atoms with Crippen molar-refractivity contribution in [2.45, 2.75) is 0 Å². The lowest BCUT2D eigenvalue weighted by atomic mass is 10.1. The Balaban J connectivity index is 2.52. The summed E-state index contributed by atoms with van der Waals surface area (Å²) >= 11 is 1.13. The molecule has 0 amide bonds. The van der Waals surface area contributed by atoms with E-state index in [2.05, 4.69) is 19.3 Å². The molecule has 1 aromatic carbocycles. The van der Waals surface area contributed by atoms with Crippen LogP contribution in [0.15, 0.2) is 23.0 Å². The van der Waals surface area contributed by atoms with Crippen LogP contribution in [-0.4, -0.2) is 27.7 Å². The third-order valence-electron chi connectivity index (χ3n) is 2.66. The predicted octanol–water partition coefficient (Wildman–Crippen LogP) is 1.32. The highest BCUT2D eigenvalue weighted by Gasteiger charge is 2.15. The molecule has 90 valence electrons. The first-order valence-electron chi connectivity index (χ1n) is 5.07. The number of benzene rings is 1. The highest BCUT2D eigenvalue weighted by molar-refractivity contribution is 7.14. The number of hydrogen-bond acceptors (Lipinski definition) is 6. The number of methoxy groups -OCH3 is 1. The molecule has 2 aromatic heterocycles. The predicted molar refractivity (Wildman–Crippen MR) is 66.9 cm³/mol. The Morgan fingerprint density at radius 3 is 3.06 bits per heavy atom. The minimum absolute atomic E-state index is 0.287. The van der Waals surface area contributed by atoms with Gasteiger partial charge in [-0.15, -0.1) is 5.10 Å². The summed E-state index contributed by atoms with van der Waals surface area (Å²) in [6.45, 7) is 0. The van der Waals surface area contributed by atoms with Gasteiger partial charge in [-0.25, -0.2) is 4.79 Å². The lowest BCUT2D eigenvalue weighted by molar-refractivity contribution is 0.0603. The van der Waals surface area contributed by atoms with Crippen LogP contribution in [0.5, 0.6) is 0 Å². The first-order valence-corrected chi connectivity index (χ1v) is 5.85. The van der Waals surface area contributed by atoms with E-state index in [1.165, 1.54) is 7.11 Å². The molecule has 0 unspecified atom stereocenters. The third kappa shape index (κ3) is 1.41. The number of nitrogens with one attached hydrogen (secondary N) is 1. The van der Waals surface area contributed by atoms with Gasteiger partial charge in [-0.1, -0.05) is 16.6 Å². The molecule has 2 heterocycles. The van der Waals surface area contributed by atoms with Crippen molar-refractivity contribution in [3.63, 3.8) is 0 Å². The fourth-order valence-electron chi connectivity index (χ4n) is 1.84. The van der Waals surface area contributed by atoms with Crippen molar-refractivity contribution in [1.29, 1.82) is 0 Å². The quantitative estimate of drug-likeness (QED) is 0.668.